The van der Waals surface area contributed by atoms with E-state index in [9.17, 15) is 13.6 Å². The van der Waals surface area contributed by atoms with Crippen LogP contribution in [0.5, 0.6) is 5.75 Å². The molecule has 5 rings (SSSR count). The average molecular weight is 513 g/mol. The summed E-state index contributed by atoms with van der Waals surface area (Å²) in [6, 6.07) is 30.5. The number of alkyl halides is 2. The molecule has 38 heavy (non-hydrogen) atoms. The number of hydrogen-bond donors (Lipinski definition) is 1. The summed E-state index contributed by atoms with van der Waals surface area (Å²) in [7, 11) is 0. The fourth-order valence-electron chi connectivity index (χ4n) is 5.12. The van der Waals surface area contributed by atoms with Gasteiger partial charge in [-0.25, -0.2) is 8.78 Å². The fraction of sp³-hybridized carbons (Fsp3) is 0.250. The lowest BCUT2D eigenvalue weighted by atomic mass is 9.64. The van der Waals surface area contributed by atoms with Crippen LogP contribution in [0.25, 0.3) is 0 Å². The second-order valence-corrected chi connectivity index (χ2v) is 9.82. The number of carbonyl (C=O) groups excluding carboxylic acids is 1. The van der Waals surface area contributed by atoms with Gasteiger partial charge in [0.1, 0.15) is 12.4 Å². The molecule has 1 N–H and O–H groups in total. The molecule has 1 aliphatic carbocycles. The van der Waals surface area contributed by atoms with Crippen LogP contribution in [0.15, 0.2) is 103 Å². The number of nitrogens with zero attached hydrogens (tertiary/aromatic N) is 1. The number of benzene rings is 3. The molecule has 4 aromatic rings. The molecule has 1 fully saturated rings. The Kier molecular flexibility index (Phi) is 7.50. The molecule has 1 aromatic heterocycles. The van der Waals surface area contributed by atoms with Crippen molar-refractivity contribution < 1.29 is 18.3 Å². The van der Waals surface area contributed by atoms with Crippen LogP contribution in [0.1, 0.15) is 58.4 Å². The Hall–Kier alpha value is -4.06. The maximum atomic E-state index is 14.2. The third-order valence-electron chi connectivity index (χ3n) is 7.35. The summed E-state index contributed by atoms with van der Waals surface area (Å²) in [4.78, 5) is 17.0. The molecule has 0 aliphatic heterocycles. The number of rotatable bonds is 8. The molecule has 3 aromatic carbocycles. The second kappa shape index (κ2) is 11.1. The number of halogens is 2. The molecule has 1 heterocycles. The minimum atomic E-state index is -2.66. The van der Waals surface area contributed by atoms with Gasteiger partial charge in [-0.1, -0.05) is 60.7 Å². The zero-order chi connectivity index (χ0) is 26.4. The van der Waals surface area contributed by atoms with Crippen LogP contribution in [-0.2, 0) is 18.6 Å². The highest BCUT2D eigenvalue weighted by Gasteiger charge is 2.45. The van der Waals surface area contributed by atoms with Crippen molar-refractivity contribution in [2.24, 2.45) is 0 Å². The first-order valence-corrected chi connectivity index (χ1v) is 12.9. The van der Waals surface area contributed by atoms with Crippen molar-refractivity contribution in [3.05, 3.63) is 131 Å². The summed E-state index contributed by atoms with van der Waals surface area (Å²) in [5, 5.41) is 2.94. The van der Waals surface area contributed by atoms with Gasteiger partial charge in [0, 0.05) is 36.6 Å². The Labute approximate surface area is 221 Å². The molecule has 0 radical (unpaired) electrons. The normalized spacial score (nSPS) is 15.9. The van der Waals surface area contributed by atoms with Gasteiger partial charge in [0.2, 0.25) is 5.92 Å². The minimum absolute atomic E-state index is 0.168. The predicted molar refractivity (Wildman–Crippen MR) is 143 cm³/mol. The van der Waals surface area contributed by atoms with E-state index in [0.29, 0.717) is 37.3 Å². The highest BCUT2D eigenvalue weighted by molar-refractivity contribution is 5.94. The monoisotopic (exact) mass is 512 g/mol. The van der Waals surface area contributed by atoms with Gasteiger partial charge in [-0.3, -0.25) is 9.78 Å². The summed E-state index contributed by atoms with van der Waals surface area (Å²) in [6.07, 6.45) is 2.03. The number of carbonyl (C=O) groups is 1. The van der Waals surface area contributed by atoms with Gasteiger partial charge in [-0.2, -0.15) is 0 Å². The molecule has 1 aliphatic rings. The lowest BCUT2D eigenvalue weighted by Gasteiger charge is -2.41. The molecule has 0 spiro atoms. The maximum absolute atomic E-state index is 14.2. The highest BCUT2D eigenvalue weighted by atomic mass is 19.3. The van der Waals surface area contributed by atoms with Crippen LogP contribution in [0.3, 0.4) is 0 Å². The highest BCUT2D eigenvalue weighted by Crippen LogP contribution is 2.49. The molecule has 0 atom stereocenters. The number of aromatic nitrogens is 1. The van der Waals surface area contributed by atoms with E-state index in [1.54, 1.807) is 18.3 Å². The smallest absolute Gasteiger partial charge is 0.251 e. The first-order valence-electron chi connectivity index (χ1n) is 12.9. The molecule has 4 nitrogen and oxygen atoms in total. The topological polar surface area (TPSA) is 51.2 Å². The van der Waals surface area contributed by atoms with E-state index in [1.165, 1.54) is 0 Å². The summed E-state index contributed by atoms with van der Waals surface area (Å²) < 4.78 is 34.3. The zero-order valence-corrected chi connectivity index (χ0v) is 21.1. The molecule has 1 amide bonds. The molecular weight excluding hydrogens is 482 g/mol. The summed E-state index contributed by atoms with van der Waals surface area (Å²) in [5.74, 6) is -2.13. The van der Waals surface area contributed by atoms with Crippen LogP contribution in [0, 0.1) is 0 Å². The van der Waals surface area contributed by atoms with Crippen molar-refractivity contribution in [1.82, 2.24) is 10.3 Å². The first kappa shape index (κ1) is 25.6. The standard InChI is InChI=1S/C32H30F2N2O2/c33-32(34)19-17-31(18-20-32,27-13-15-29(16-14-27)38-23-28-8-4-5-21-35-28)26-11-9-25(10-12-26)30(37)36-22-24-6-2-1-3-7-24/h1-16,21H,17-20,22-23H2,(H,36,37). The van der Waals surface area contributed by atoms with Gasteiger partial charge in [-0.15, -0.1) is 0 Å². The van der Waals surface area contributed by atoms with Gasteiger partial charge >= 0.3 is 0 Å². The van der Waals surface area contributed by atoms with Crippen LogP contribution >= 0.6 is 0 Å². The predicted octanol–water partition coefficient (Wildman–Crippen LogP) is 7.09. The number of hydrogen-bond acceptors (Lipinski definition) is 3. The van der Waals surface area contributed by atoms with Crippen molar-refractivity contribution in [2.75, 3.05) is 0 Å². The van der Waals surface area contributed by atoms with Crippen LogP contribution in [0.2, 0.25) is 0 Å². The fourth-order valence-corrected chi connectivity index (χ4v) is 5.12. The summed E-state index contributed by atoms with van der Waals surface area (Å²) in [6.45, 7) is 0.792. The van der Waals surface area contributed by atoms with Crippen molar-refractivity contribution in [1.29, 1.82) is 0 Å². The number of amides is 1. The Balaban J connectivity index is 1.33. The van der Waals surface area contributed by atoms with Crippen molar-refractivity contribution in [2.45, 2.75) is 50.2 Å². The van der Waals surface area contributed by atoms with Crippen molar-refractivity contribution in [3.63, 3.8) is 0 Å². The van der Waals surface area contributed by atoms with Gasteiger partial charge < -0.3 is 10.1 Å². The van der Waals surface area contributed by atoms with E-state index < -0.39 is 11.3 Å². The summed E-state index contributed by atoms with van der Waals surface area (Å²) >= 11 is 0. The van der Waals surface area contributed by atoms with Crippen LogP contribution < -0.4 is 10.1 Å². The lowest BCUT2D eigenvalue weighted by molar-refractivity contribution is -0.0470. The molecular formula is C32H30F2N2O2. The molecule has 0 unspecified atom stereocenters. The van der Waals surface area contributed by atoms with Crippen LogP contribution in [-0.4, -0.2) is 16.8 Å². The molecule has 6 heteroatoms. The number of ether oxygens (including phenoxy) is 1. The van der Waals surface area contributed by atoms with E-state index in [-0.39, 0.29) is 18.7 Å². The molecule has 1 saturated carbocycles. The Morgan fingerprint density at radius 3 is 2.05 bits per heavy atom. The van der Waals surface area contributed by atoms with Crippen LogP contribution in [0.4, 0.5) is 8.78 Å². The van der Waals surface area contributed by atoms with Gasteiger partial charge in [-0.05, 0) is 65.9 Å². The van der Waals surface area contributed by atoms with E-state index in [2.05, 4.69) is 10.3 Å². The number of nitrogens with one attached hydrogen (secondary N) is 1. The van der Waals surface area contributed by atoms with Gasteiger partial charge in [0.05, 0.1) is 5.69 Å². The van der Waals surface area contributed by atoms with E-state index >= 15 is 0 Å². The number of pyridine rings is 1. The Morgan fingerprint density at radius 1 is 0.789 bits per heavy atom. The van der Waals surface area contributed by atoms with E-state index in [1.807, 2.05) is 84.9 Å². The maximum Gasteiger partial charge on any atom is 0.251 e. The van der Waals surface area contributed by atoms with E-state index in [0.717, 1.165) is 22.4 Å². The SMILES string of the molecule is O=C(NCc1ccccc1)c1ccc(C2(c3ccc(OCc4ccccn4)cc3)CCC(F)(F)CC2)cc1. The van der Waals surface area contributed by atoms with Gasteiger partial charge in [0.15, 0.2) is 0 Å². The Bertz CT molecular complexity index is 1330. The van der Waals surface area contributed by atoms with Crippen molar-refractivity contribution in [3.8, 4) is 5.75 Å². The third-order valence-corrected chi connectivity index (χ3v) is 7.35. The second-order valence-electron chi connectivity index (χ2n) is 9.82. The lowest BCUT2D eigenvalue weighted by Crippen LogP contribution is -2.37. The van der Waals surface area contributed by atoms with Gasteiger partial charge in [0.25, 0.3) is 5.91 Å². The average Bonchev–Trinajstić information content (AvgIpc) is 2.97. The summed E-state index contributed by atoms with van der Waals surface area (Å²) in [5.41, 5.74) is 3.75. The Morgan fingerprint density at radius 2 is 1.42 bits per heavy atom. The third kappa shape index (κ3) is 5.91. The molecule has 0 saturated heterocycles. The van der Waals surface area contributed by atoms with Crippen molar-refractivity contribution >= 4 is 5.91 Å². The zero-order valence-electron chi connectivity index (χ0n) is 21.1. The largest absolute Gasteiger partial charge is 0.487 e. The first-order chi connectivity index (χ1) is 18.4. The van der Waals surface area contributed by atoms with E-state index in [4.69, 9.17) is 4.74 Å². The molecule has 0 bridgehead atoms. The minimum Gasteiger partial charge on any atom is -0.487 e. The molecule has 194 valence electrons. The quantitative estimate of drug-likeness (QED) is 0.274.